The van der Waals surface area contributed by atoms with Crippen molar-refractivity contribution in [2.24, 2.45) is 0 Å². The van der Waals surface area contributed by atoms with Crippen LogP contribution in [0.25, 0.3) is 0 Å². The highest BCUT2D eigenvalue weighted by Crippen LogP contribution is 2.38. The maximum atomic E-state index is 3.78. The van der Waals surface area contributed by atoms with Crippen molar-refractivity contribution in [3.63, 3.8) is 0 Å². The molecule has 0 aromatic heterocycles. The van der Waals surface area contributed by atoms with Crippen molar-refractivity contribution in [3.05, 3.63) is 12.7 Å². The van der Waals surface area contributed by atoms with E-state index in [0.29, 0.717) is 5.25 Å². The van der Waals surface area contributed by atoms with Gasteiger partial charge < -0.3 is 0 Å². The van der Waals surface area contributed by atoms with Crippen LogP contribution in [0.2, 0.25) is 0 Å². The van der Waals surface area contributed by atoms with Gasteiger partial charge in [0.25, 0.3) is 0 Å². The number of hydrogen-bond acceptors (Lipinski definition) is 2. The van der Waals surface area contributed by atoms with Gasteiger partial charge in [-0.2, -0.15) is 0 Å². The van der Waals surface area contributed by atoms with Crippen molar-refractivity contribution in [1.29, 1.82) is 0 Å². The standard InChI is InChI=1S/C8H16S2/c1-6-8(4,5)10-9-7(2)3/h6-7H,1H2,2-5H3. The van der Waals surface area contributed by atoms with Gasteiger partial charge in [0.15, 0.2) is 0 Å². The average Bonchev–Trinajstić information content (AvgIpc) is 1.85. The van der Waals surface area contributed by atoms with Crippen LogP contribution >= 0.6 is 21.6 Å². The fourth-order valence-corrected chi connectivity index (χ4v) is 2.29. The monoisotopic (exact) mass is 176 g/mol. The predicted molar refractivity (Wildman–Crippen MR) is 54.6 cm³/mol. The summed E-state index contributed by atoms with van der Waals surface area (Å²) in [6, 6.07) is 0. The van der Waals surface area contributed by atoms with Gasteiger partial charge in [-0.1, -0.05) is 41.5 Å². The minimum atomic E-state index is 0.217. The molecule has 0 atom stereocenters. The molecule has 0 aliphatic rings. The van der Waals surface area contributed by atoms with E-state index in [2.05, 4.69) is 34.3 Å². The van der Waals surface area contributed by atoms with E-state index in [1.165, 1.54) is 0 Å². The molecule has 0 saturated carbocycles. The van der Waals surface area contributed by atoms with Crippen molar-refractivity contribution < 1.29 is 0 Å². The molecular formula is C8H16S2. The molecule has 0 aliphatic heterocycles. The average molecular weight is 176 g/mol. The predicted octanol–water partition coefficient (Wildman–Crippen LogP) is 3.74. The smallest absolute Gasteiger partial charge is 0.0383 e. The zero-order valence-corrected chi connectivity index (χ0v) is 8.81. The van der Waals surface area contributed by atoms with Gasteiger partial charge in [0.1, 0.15) is 0 Å². The van der Waals surface area contributed by atoms with Crippen LogP contribution in [0, 0.1) is 0 Å². The normalized spacial score (nSPS) is 12.1. The second kappa shape index (κ2) is 4.35. The molecule has 0 aromatic rings. The molecule has 0 amide bonds. The third-order valence-electron chi connectivity index (χ3n) is 0.947. The van der Waals surface area contributed by atoms with E-state index < -0.39 is 0 Å². The maximum absolute atomic E-state index is 3.78. The fraction of sp³-hybridized carbons (Fsp3) is 0.750. The summed E-state index contributed by atoms with van der Waals surface area (Å²) >= 11 is 0. The Hall–Kier alpha value is 0.440. The molecule has 0 aliphatic carbocycles. The first kappa shape index (κ1) is 10.4. The first-order valence-corrected chi connectivity index (χ1v) is 5.67. The molecule has 0 fully saturated rings. The van der Waals surface area contributed by atoms with Crippen LogP contribution in [0.15, 0.2) is 12.7 Å². The highest BCUT2D eigenvalue weighted by Gasteiger charge is 2.14. The second-order valence-corrected chi connectivity index (χ2v) is 6.47. The summed E-state index contributed by atoms with van der Waals surface area (Å²) in [4.78, 5) is 0. The zero-order chi connectivity index (χ0) is 8.20. The summed E-state index contributed by atoms with van der Waals surface area (Å²) in [5.74, 6) is 0. The molecule has 60 valence electrons. The van der Waals surface area contributed by atoms with Gasteiger partial charge in [0.2, 0.25) is 0 Å². The largest absolute Gasteiger partial charge is 0.102 e. The minimum absolute atomic E-state index is 0.217. The van der Waals surface area contributed by atoms with E-state index in [1.807, 2.05) is 27.7 Å². The van der Waals surface area contributed by atoms with Gasteiger partial charge >= 0.3 is 0 Å². The molecule has 0 radical (unpaired) electrons. The van der Waals surface area contributed by atoms with Gasteiger partial charge in [0, 0.05) is 10.00 Å². The maximum Gasteiger partial charge on any atom is 0.0383 e. The first-order valence-electron chi connectivity index (χ1n) is 3.46. The molecular weight excluding hydrogens is 160 g/mol. The lowest BCUT2D eigenvalue weighted by Gasteiger charge is -2.18. The van der Waals surface area contributed by atoms with Crippen molar-refractivity contribution in [2.75, 3.05) is 0 Å². The van der Waals surface area contributed by atoms with Crippen molar-refractivity contribution in [3.8, 4) is 0 Å². The van der Waals surface area contributed by atoms with Crippen LogP contribution in [0.3, 0.4) is 0 Å². The molecule has 0 nitrogen and oxygen atoms in total. The quantitative estimate of drug-likeness (QED) is 0.473. The number of rotatable bonds is 4. The summed E-state index contributed by atoms with van der Waals surface area (Å²) in [6.45, 7) is 12.5. The Morgan fingerprint density at radius 2 is 1.90 bits per heavy atom. The van der Waals surface area contributed by atoms with Crippen LogP contribution < -0.4 is 0 Å². The van der Waals surface area contributed by atoms with E-state index in [4.69, 9.17) is 0 Å². The van der Waals surface area contributed by atoms with Crippen LogP contribution in [-0.4, -0.2) is 10.00 Å². The van der Waals surface area contributed by atoms with Crippen LogP contribution in [0.1, 0.15) is 27.7 Å². The van der Waals surface area contributed by atoms with Gasteiger partial charge in [-0.05, 0) is 13.8 Å². The van der Waals surface area contributed by atoms with Crippen LogP contribution in [-0.2, 0) is 0 Å². The molecule has 0 saturated heterocycles. The third kappa shape index (κ3) is 5.24. The molecule has 0 spiro atoms. The Balaban J connectivity index is 3.56. The van der Waals surface area contributed by atoms with E-state index in [9.17, 15) is 0 Å². The van der Waals surface area contributed by atoms with Gasteiger partial charge in [-0.15, -0.1) is 6.58 Å². The summed E-state index contributed by atoms with van der Waals surface area (Å²) in [5.41, 5.74) is 0. The highest BCUT2D eigenvalue weighted by atomic mass is 33.1. The van der Waals surface area contributed by atoms with E-state index >= 15 is 0 Å². The molecule has 0 rings (SSSR count). The molecule has 10 heavy (non-hydrogen) atoms. The lowest BCUT2D eigenvalue weighted by Crippen LogP contribution is -2.07. The lowest BCUT2D eigenvalue weighted by molar-refractivity contribution is 0.909. The summed E-state index contributed by atoms with van der Waals surface area (Å²) < 4.78 is 0.217. The first-order chi connectivity index (χ1) is 4.48. The Bertz CT molecular complexity index is 106. The van der Waals surface area contributed by atoms with Crippen molar-refractivity contribution >= 4 is 21.6 Å². The second-order valence-electron chi connectivity index (χ2n) is 3.04. The fourth-order valence-electron chi connectivity index (χ4n) is 0.254. The number of hydrogen-bond donors (Lipinski definition) is 0. The summed E-state index contributed by atoms with van der Waals surface area (Å²) in [5, 5.41) is 0.698. The zero-order valence-electron chi connectivity index (χ0n) is 7.18. The van der Waals surface area contributed by atoms with Crippen LogP contribution in [0.4, 0.5) is 0 Å². The molecule has 0 aromatic carbocycles. The highest BCUT2D eigenvalue weighted by molar-refractivity contribution is 8.77. The van der Waals surface area contributed by atoms with Gasteiger partial charge in [-0.25, -0.2) is 0 Å². The summed E-state index contributed by atoms with van der Waals surface area (Å²) in [7, 11) is 3.79. The van der Waals surface area contributed by atoms with E-state index in [0.717, 1.165) is 0 Å². The van der Waals surface area contributed by atoms with Crippen molar-refractivity contribution in [1.82, 2.24) is 0 Å². The SMILES string of the molecule is C=CC(C)(C)SSC(C)C. The summed E-state index contributed by atoms with van der Waals surface area (Å²) in [6.07, 6.45) is 1.99. The molecule has 0 N–H and O–H groups in total. The Morgan fingerprint density at radius 3 is 2.20 bits per heavy atom. The molecule has 0 heterocycles. The third-order valence-corrected chi connectivity index (χ3v) is 4.76. The van der Waals surface area contributed by atoms with Gasteiger partial charge in [-0.3, -0.25) is 0 Å². The Labute approximate surface area is 72.3 Å². The Morgan fingerprint density at radius 1 is 1.40 bits per heavy atom. The Kier molecular flexibility index (Phi) is 4.54. The van der Waals surface area contributed by atoms with Crippen molar-refractivity contribution in [2.45, 2.75) is 37.7 Å². The topological polar surface area (TPSA) is 0 Å². The molecule has 2 heteroatoms. The minimum Gasteiger partial charge on any atom is -0.102 e. The molecule has 0 unspecified atom stereocenters. The van der Waals surface area contributed by atoms with E-state index in [1.54, 1.807) is 0 Å². The van der Waals surface area contributed by atoms with Gasteiger partial charge in [0.05, 0.1) is 0 Å². The lowest BCUT2D eigenvalue weighted by atomic mass is 10.2. The molecule has 0 bridgehead atoms. The van der Waals surface area contributed by atoms with E-state index in [-0.39, 0.29) is 4.75 Å². The van der Waals surface area contributed by atoms with Crippen LogP contribution in [0.5, 0.6) is 0 Å².